The molecular weight excluding hydrogens is 744 g/mol. The molecule has 1 unspecified atom stereocenters. The van der Waals surface area contributed by atoms with Gasteiger partial charge in [-0.15, -0.1) is 0 Å². The van der Waals surface area contributed by atoms with E-state index in [1.165, 1.54) is 35.7 Å². The number of rotatable bonds is 17. The first-order valence-corrected chi connectivity index (χ1v) is 19.5. The van der Waals surface area contributed by atoms with Crippen LogP contribution in [0.15, 0.2) is 48.7 Å². The lowest BCUT2D eigenvalue weighted by molar-refractivity contribution is -0.0806. The fraction of sp³-hybridized carbons (Fsp3) is 0.462. The molecule has 5 N–H and O–H groups in total. The third-order valence-electron chi connectivity index (χ3n) is 9.63. The molecule has 0 spiro atoms. The van der Waals surface area contributed by atoms with Gasteiger partial charge in [-0.1, -0.05) is 48.1 Å². The quantitative estimate of drug-likeness (QED) is 0.0733. The van der Waals surface area contributed by atoms with Gasteiger partial charge in [-0.3, -0.25) is 14.5 Å². The number of carbonyl (C=O) groups is 2. The van der Waals surface area contributed by atoms with Crippen LogP contribution in [0.4, 0.5) is 22.5 Å². The van der Waals surface area contributed by atoms with Crippen LogP contribution in [0.2, 0.25) is 5.02 Å². The van der Waals surface area contributed by atoms with Crippen molar-refractivity contribution in [1.29, 1.82) is 0 Å². The SMILES string of the molecule is CCC(C)(CNC(=O)c1cccc(O)c1O)OCCC(C)(C)OCCN1CCN(c2cc(Nc3ncc(C(=O)Nc4c(C)cccc4Cl)s3)nc(C)n2)CC1. The number of carbonyl (C=O) groups excluding carboxylic acids is 2. The molecule has 2 aromatic carbocycles. The predicted octanol–water partition coefficient (Wildman–Crippen LogP) is 6.53. The van der Waals surface area contributed by atoms with Gasteiger partial charge in [0.15, 0.2) is 16.6 Å². The molecule has 14 nitrogen and oxygen atoms in total. The number of hydrogen-bond donors (Lipinski definition) is 5. The van der Waals surface area contributed by atoms with E-state index in [4.69, 9.17) is 26.1 Å². The minimum atomic E-state index is -0.614. The zero-order valence-electron chi connectivity index (χ0n) is 32.2. The zero-order chi connectivity index (χ0) is 39.8. The Bertz CT molecular complexity index is 1930. The van der Waals surface area contributed by atoms with E-state index >= 15 is 0 Å². The second kappa shape index (κ2) is 18.4. The second-order valence-corrected chi connectivity index (χ2v) is 15.8. The Balaban J connectivity index is 1.03. The number of ether oxygens (including phenoxy) is 2. The van der Waals surface area contributed by atoms with E-state index in [0.717, 1.165) is 44.1 Å². The highest BCUT2D eigenvalue weighted by Crippen LogP contribution is 2.30. The molecule has 1 fully saturated rings. The summed E-state index contributed by atoms with van der Waals surface area (Å²) < 4.78 is 12.5. The molecule has 2 amide bonds. The molecule has 55 heavy (non-hydrogen) atoms. The Morgan fingerprint density at radius 2 is 1.73 bits per heavy atom. The van der Waals surface area contributed by atoms with Crippen LogP contribution in [0.1, 0.15) is 72.0 Å². The van der Waals surface area contributed by atoms with E-state index in [9.17, 15) is 19.8 Å². The number of amides is 2. The molecule has 0 aliphatic carbocycles. The van der Waals surface area contributed by atoms with Crippen molar-refractivity contribution in [3.63, 3.8) is 0 Å². The third-order valence-corrected chi connectivity index (χ3v) is 10.9. The standard InChI is InChI=1S/C39H51ClN8O6S/c1-7-39(6,24-42-35(51)27-11-9-13-29(49)34(27)50)54-20-14-38(4,5)53-21-19-47-15-17-48(18-16-47)32-22-31(43-26(3)44-32)45-37-41-23-30(55-37)36(52)46-33-25(2)10-8-12-28(33)40/h8-13,22-23,49-50H,7,14-21,24H2,1-6H3,(H,42,51)(H,46,52)(H,41,43,44,45). The van der Waals surface area contributed by atoms with Crippen LogP contribution in [0.25, 0.3) is 0 Å². The lowest BCUT2D eigenvalue weighted by atomic mass is 10.0. The van der Waals surface area contributed by atoms with Gasteiger partial charge in [-0.05, 0) is 71.2 Å². The number of anilines is 4. The Morgan fingerprint density at radius 3 is 2.45 bits per heavy atom. The summed E-state index contributed by atoms with van der Waals surface area (Å²) in [5, 5.41) is 29.7. The van der Waals surface area contributed by atoms with Crippen LogP contribution in [0, 0.1) is 13.8 Å². The molecule has 1 saturated heterocycles. The van der Waals surface area contributed by atoms with Gasteiger partial charge in [0.25, 0.3) is 11.8 Å². The molecule has 1 atom stereocenters. The zero-order valence-corrected chi connectivity index (χ0v) is 33.8. The van der Waals surface area contributed by atoms with Crippen LogP contribution in [0.3, 0.4) is 0 Å². The highest BCUT2D eigenvalue weighted by atomic mass is 35.5. The van der Waals surface area contributed by atoms with Crippen molar-refractivity contribution in [2.45, 2.75) is 65.6 Å². The molecule has 296 valence electrons. The van der Waals surface area contributed by atoms with Gasteiger partial charge in [0.05, 0.1) is 46.9 Å². The van der Waals surface area contributed by atoms with E-state index in [1.54, 1.807) is 6.07 Å². The maximum Gasteiger partial charge on any atom is 0.267 e. The van der Waals surface area contributed by atoms with Crippen LogP contribution >= 0.6 is 22.9 Å². The van der Waals surface area contributed by atoms with Crippen molar-refractivity contribution in [2.75, 3.05) is 68.0 Å². The molecule has 1 aliphatic rings. The first kappa shape index (κ1) is 41.6. The number of hydrogen-bond acceptors (Lipinski definition) is 13. The number of halogens is 1. The minimum Gasteiger partial charge on any atom is -0.504 e. The summed E-state index contributed by atoms with van der Waals surface area (Å²) in [6, 6.07) is 11.7. The van der Waals surface area contributed by atoms with Gasteiger partial charge >= 0.3 is 0 Å². The topological polar surface area (TPSA) is 174 Å². The van der Waals surface area contributed by atoms with Crippen molar-refractivity contribution < 1.29 is 29.3 Å². The molecule has 5 rings (SSSR count). The first-order chi connectivity index (χ1) is 26.1. The maximum absolute atomic E-state index is 12.9. The van der Waals surface area contributed by atoms with Crippen molar-refractivity contribution in [2.24, 2.45) is 0 Å². The Morgan fingerprint density at radius 1 is 0.982 bits per heavy atom. The van der Waals surface area contributed by atoms with Gasteiger partial charge in [0.2, 0.25) is 0 Å². The number of aromatic nitrogens is 3. The number of thiazole rings is 1. The summed E-state index contributed by atoms with van der Waals surface area (Å²) in [4.78, 5) is 44.2. The Hall–Kier alpha value is -4.54. The normalized spacial score (nSPS) is 14.7. The average molecular weight is 795 g/mol. The fourth-order valence-corrected chi connectivity index (χ4v) is 6.90. The van der Waals surface area contributed by atoms with Crippen LogP contribution in [-0.2, 0) is 9.47 Å². The van der Waals surface area contributed by atoms with Crippen molar-refractivity contribution in [1.82, 2.24) is 25.2 Å². The summed E-state index contributed by atoms with van der Waals surface area (Å²) in [5.74, 6) is 0.505. The van der Waals surface area contributed by atoms with Crippen molar-refractivity contribution >= 4 is 57.2 Å². The van der Waals surface area contributed by atoms with Crippen molar-refractivity contribution in [3.05, 3.63) is 75.5 Å². The monoisotopic (exact) mass is 794 g/mol. The number of aromatic hydroxyl groups is 2. The number of benzene rings is 2. The molecule has 0 saturated carbocycles. The van der Waals surface area contributed by atoms with Gasteiger partial charge in [-0.25, -0.2) is 15.0 Å². The number of phenolic OH excluding ortho intramolecular Hbond substituents is 2. The molecule has 1 aliphatic heterocycles. The number of aryl methyl sites for hydroxylation is 2. The van der Waals surface area contributed by atoms with Crippen molar-refractivity contribution in [3.8, 4) is 11.5 Å². The molecule has 0 radical (unpaired) electrons. The van der Waals surface area contributed by atoms with E-state index < -0.39 is 22.9 Å². The largest absolute Gasteiger partial charge is 0.504 e. The van der Waals surface area contributed by atoms with Crippen LogP contribution in [-0.4, -0.2) is 106 Å². The summed E-state index contributed by atoms with van der Waals surface area (Å²) in [5.41, 5.74) is 0.443. The molecule has 16 heteroatoms. The summed E-state index contributed by atoms with van der Waals surface area (Å²) in [6.45, 7) is 17.2. The van der Waals surface area contributed by atoms with E-state index in [0.29, 0.717) is 58.4 Å². The predicted molar refractivity (Wildman–Crippen MR) is 216 cm³/mol. The van der Waals surface area contributed by atoms with E-state index in [2.05, 4.69) is 49.6 Å². The second-order valence-electron chi connectivity index (χ2n) is 14.4. The molecule has 2 aromatic heterocycles. The smallest absolute Gasteiger partial charge is 0.267 e. The van der Waals surface area contributed by atoms with Crippen LogP contribution in [0.5, 0.6) is 11.5 Å². The lowest BCUT2D eigenvalue weighted by Crippen LogP contribution is -2.48. The summed E-state index contributed by atoms with van der Waals surface area (Å²) in [6.07, 6.45) is 2.86. The molecule has 3 heterocycles. The Labute approximate surface area is 331 Å². The highest BCUT2D eigenvalue weighted by molar-refractivity contribution is 7.17. The number of nitrogens with one attached hydrogen (secondary N) is 3. The molecular formula is C39H51ClN8O6S. The summed E-state index contributed by atoms with van der Waals surface area (Å²) in [7, 11) is 0. The van der Waals surface area contributed by atoms with Gasteiger partial charge in [0, 0.05) is 45.3 Å². The number of phenols is 2. The number of para-hydroxylation sites is 2. The van der Waals surface area contributed by atoms with Crippen LogP contribution < -0.4 is 20.9 Å². The summed E-state index contributed by atoms with van der Waals surface area (Å²) >= 11 is 7.52. The molecule has 4 aromatic rings. The fourth-order valence-electron chi connectivity index (χ4n) is 5.91. The first-order valence-electron chi connectivity index (χ1n) is 18.3. The third kappa shape index (κ3) is 11.5. The minimum absolute atomic E-state index is 0.0115. The number of piperazine rings is 1. The van der Waals surface area contributed by atoms with E-state index in [1.807, 2.05) is 45.9 Å². The van der Waals surface area contributed by atoms with Gasteiger partial charge < -0.3 is 40.5 Å². The molecule has 0 bridgehead atoms. The van der Waals surface area contributed by atoms with Gasteiger partial charge in [-0.2, -0.15) is 0 Å². The lowest BCUT2D eigenvalue weighted by Gasteiger charge is -2.36. The highest BCUT2D eigenvalue weighted by Gasteiger charge is 2.28. The average Bonchev–Trinajstić information content (AvgIpc) is 3.61. The van der Waals surface area contributed by atoms with E-state index in [-0.39, 0.29) is 23.8 Å². The van der Waals surface area contributed by atoms with Gasteiger partial charge in [0.1, 0.15) is 22.3 Å². The maximum atomic E-state index is 12.9. The number of nitrogens with zero attached hydrogens (tertiary/aromatic N) is 5. The Kier molecular flexibility index (Phi) is 13.9.